The standard InChI is InChI=1S/C20H20ClFN4O2S2/c1-3-26(4-2)30(27,28)15-8-5-7-14(11-15)19-13-29-20(24-19)25-23-12-16-17(21)9-6-10-18(16)22/h5-13H,3-4H2,1-2H3,(H,24,25)/b23-12+. The quantitative estimate of drug-likeness (QED) is 0.371. The third kappa shape index (κ3) is 4.86. The summed E-state index contributed by atoms with van der Waals surface area (Å²) in [7, 11) is -3.56. The van der Waals surface area contributed by atoms with Crippen LogP contribution in [-0.2, 0) is 10.0 Å². The molecule has 2 aromatic carbocycles. The molecule has 1 aromatic heterocycles. The first-order chi connectivity index (χ1) is 14.4. The first-order valence-corrected chi connectivity index (χ1v) is 11.9. The average molecular weight is 467 g/mol. The van der Waals surface area contributed by atoms with E-state index in [2.05, 4.69) is 15.5 Å². The first-order valence-electron chi connectivity index (χ1n) is 9.16. The molecule has 0 bridgehead atoms. The number of halogens is 2. The first kappa shape index (κ1) is 22.4. The van der Waals surface area contributed by atoms with E-state index in [0.717, 1.165) is 0 Å². The van der Waals surface area contributed by atoms with E-state index in [1.54, 1.807) is 49.6 Å². The zero-order valence-electron chi connectivity index (χ0n) is 16.3. The highest BCUT2D eigenvalue weighted by atomic mass is 35.5. The minimum Gasteiger partial charge on any atom is -0.253 e. The van der Waals surface area contributed by atoms with Gasteiger partial charge in [-0.1, -0.05) is 43.6 Å². The van der Waals surface area contributed by atoms with Gasteiger partial charge in [-0.25, -0.2) is 17.8 Å². The molecule has 0 spiro atoms. The second kappa shape index (κ2) is 9.65. The van der Waals surface area contributed by atoms with E-state index in [0.29, 0.717) is 29.5 Å². The van der Waals surface area contributed by atoms with Crippen molar-refractivity contribution in [2.75, 3.05) is 18.5 Å². The number of sulfonamides is 1. The number of anilines is 1. The van der Waals surface area contributed by atoms with Crippen molar-refractivity contribution in [2.45, 2.75) is 18.7 Å². The Labute approximate surface area is 184 Å². The molecule has 30 heavy (non-hydrogen) atoms. The maximum atomic E-state index is 13.8. The van der Waals surface area contributed by atoms with Crippen molar-refractivity contribution in [3.8, 4) is 11.3 Å². The zero-order valence-corrected chi connectivity index (χ0v) is 18.7. The molecule has 0 fully saturated rings. The van der Waals surface area contributed by atoms with Gasteiger partial charge in [0.2, 0.25) is 15.2 Å². The fourth-order valence-electron chi connectivity index (χ4n) is 2.77. The van der Waals surface area contributed by atoms with Crippen LogP contribution in [0.4, 0.5) is 9.52 Å². The average Bonchev–Trinajstić information content (AvgIpc) is 3.20. The number of hydrogen-bond acceptors (Lipinski definition) is 6. The predicted molar refractivity (Wildman–Crippen MR) is 120 cm³/mol. The highest BCUT2D eigenvalue weighted by molar-refractivity contribution is 7.89. The molecular formula is C20H20ClFN4O2S2. The third-order valence-corrected chi connectivity index (χ3v) is 7.45. The van der Waals surface area contributed by atoms with Crippen LogP contribution in [0.1, 0.15) is 19.4 Å². The van der Waals surface area contributed by atoms with Gasteiger partial charge in [0.1, 0.15) is 5.82 Å². The van der Waals surface area contributed by atoms with Gasteiger partial charge in [-0.3, -0.25) is 5.43 Å². The van der Waals surface area contributed by atoms with E-state index < -0.39 is 15.8 Å². The largest absolute Gasteiger partial charge is 0.253 e. The highest BCUT2D eigenvalue weighted by Crippen LogP contribution is 2.27. The van der Waals surface area contributed by atoms with Crippen molar-refractivity contribution in [2.24, 2.45) is 5.10 Å². The van der Waals surface area contributed by atoms with E-state index in [1.165, 1.54) is 34.0 Å². The molecule has 1 N–H and O–H groups in total. The Hall–Kier alpha value is -2.33. The van der Waals surface area contributed by atoms with Crippen LogP contribution in [0.25, 0.3) is 11.3 Å². The minimum absolute atomic E-state index is 0.178. The van der Waals surface area contributed by atoms with Crippen molar-refractivity contribution in [1.29, 1.82) is 0 Å². The lowest BCUT2D eigenvalue weighted by Gasteiger charge is -2.18. The van der Waals surface area contributed by atoms with E-state index >= 15 is 0 Å². The molecule has 0 aliphatic heterocycles. The van der Waals surface area contributed by atoms with Crippen LogP contribution in [0.5, 0.6) is 0 Å². The fourth-order valence-corrected chi connectivity index (χ4v) is 5.16. The summed E-state index contributed by atoms with van der Waals surface area (Å²) in [5.41, 5.74) is 4.21. The van der Waals surface area contributed by atoms with Crippen molar-refractivity contribution < 1.29 is 12.8 Å². The Morgan fingerprint density at radius 1 is 1.23 bits per heavy atom. The summed E-state index contributed by atoms with van der Waals surface area (Å²) in [6.45, 7) is 4.41. The van der Waals surface area contributed by atoms with Crippen LogP contribution >= 0.6 is 22.9 Å². The van der Waals surface area contributed by atoms with Gasteiger partial charge >= 0.3 is 0 Å². The van der Waals surface area contributed by atoms with E-state index in [9.17, 15) is 12.8 Å². The number of benzene rings is 2. The van der Waals surface area contributed by atoms with Gasteiger partial charge in [-0.2, -0.15) is 9.41 Å². The lowest BCUT2D eigenvalue weighted by molar-refractivity contribution is 0.445. The van der Waals surface area contributed by atoms with Gasteiger partial charge in [0.15, 0.2) is 0 Å². The molecule has 0 aliphatic carbocycles. The van der Waals surface area contributed by atoms with Gasteiger partial charge in [0.05, 0.1) is 21.8 Å². The van der Waals surface area contributed by atoms with Crippen LogP contribution in [-0.4, -0.2) is 37.0 Å². The number of hydrogen-bond donors (Lipinski definition) is 1. The lowest BCUT2D eigenvalue weighted by atomic mass is 10.2. The molecule has 0 radical (unpaired) electrons. The molecule has 158 valence electrons. The normalized spacial score (nSPS) is 12.0. The minimum atomic E-state index is -3.56. The van der Waals surface area contributed by atoms with Crippen molar-refractivity contribution >= 4 is 44.3 Å². The number of thiazole rings is 1. The molecule has 0 aliphatic rings. The number of nitrogens with one attached hydrogen (secondary N) is 1. The fraction of sp³-hybridized carbons (Fsp3) is 0.200. The molecule has 1 heterocycles. The Bertz CT molecular complexity index is 1140. The predicted octanol–water partition coefficient (Wildman–Crippen LogP) is 5.08. The van der Waals surface area contributed by atoms with Crippen LogP contribution in [0.3, 0.4) is 0 Å². The Kier molecular flexibility index (Phi) is 7.19. The molecule has 0 atom stereocenters. The number of aromatic nitrogens is 1. The van der Waals surface area contributed by atoms with Crippen molar-refractivity contribution in [1.82, 2.24) is 9.29 Å². The van der Waals surface area contributed by atoms with Crippen molar-refractivity contribution in [3.63, 3.8) is 0 Å². The lowest BCUT2D eigenvalue weighted by Crippen LogP contribution is -2.30. The SMILES string of the molecule is CCN(CC)S(=O)(=O)c1cccc(-c2csc(N/N=C/c3c(F)cccc3Cl)n2)c1. The van der Waals surface area contributed by atoms with Gasteiger partial charge in [0.25, 0.3) is 0 Å². The summed E-state index contributed by atoms with van der Waals surface area (Å²) in [4.78, 5) is 4.64. The topological polar surface area (TPSA) is 74.7 Å². The third-order valence-electron chi connectivity index (χ3n) is 4.33. The van der Waals surface area contributed by atoms with E-state index in [-0.39, 0.29) is 15.5 Å². The van der Waals surface area contributed by atoms with Crippen LogP contribution in [0.2, 0.25) is 5.02 Å². The van der Waals surface area contributed by atoms with Gasteiger partial charge < -0.3 is 0 Å². The molecule has 3 rings (SSSR count). The Balaban J connectivity index is 1.79. The summed E-state index contributed by atoms with van der Waals surface area (Å²) in [6, 6.07) is 11.1. The van der Waals surface area contributed by atoms with E-state index in [4.69, 9.17) is 11.6 Å². The Morgan fingerprint density at radius 3 is 2.67 bits per heavy atom. The summed E-state index contributed by atoms with van der Waals surface area (Å²) < 4.78 is 40.7. The number of hydrazone groups is 1. The second-order valence-electron chi connectivity index (χ2n) is 6.16. The summed E-state index contributed by atoms with van der Waals surface area (Å²) in [6.07, 6.45) is 1.29. The molecular weight excluding hydrogens is 447 g/mol. The number of nitrogens with zero attached hydrogens (tertiary/aromatic N) is 3. The van der Waals surface area contributed by atoms with Crippen LogP contribution < -0.4 is 5.43 Å². The molecule has 6 nitrogen and oxygen atoms in total. The van der Waals surface area contributed by atoms with Gasteiger partial charge in [-0.15, -0.1) is 11.3 Å². The number of rotatable bonds is 8. The van der Waals surface area contributed by atoms with Gasteiger partial charge in [0, 0.05) is 29.6 Å². The molecule has 10 heteroatoms. The molecule has 3 aromatic rings. The summed E-state index contributed by atoms with van der Waals surface area (Å²) >= 11 is 7.26. The highest BCUT2D eigenvalue weighted by Gasteiger charge is 2.22. The maximum Gasteiger partial charge on any atom is 0.243 e. The molecule has 0 saturated carbocycles. The van der Waals surface area contributed by atoms with Crippen LogP contribution in [0.15, 0.2) is 57.8 Å². The van der Waals surface area contributed by atoms with Gasteiger partial charge in [-0.05, 0) is 24.3 Å². The molecule has 0 saturated heterocycles. The second-order valence-corrected chi connectivity index (χ2v) is 9.36. The zero-order chi connectivity index (χ0) is 21.7. The Morgan fingerprint density at radius 2 is 1.97 bits per heavy atom. The maximum absolute atomic E-state index is 13.8. The van der Waals surface area contributed by atoms with E-state index in [1.807, 2.05) is 0 Å². The smallest absolute Gasteiger partial charge is 0.243 e. The monoisotopic (exact) mass is 466 g/mol. The summed E-state index contributed by atoms with van der Waals surface area (Å²) in [5.74, 6) is -0.473. The van der Waals surface area contributed by atoms with Crippen molar-refractivity contribution in [3.05, 3.63) is 64.2 Å². The molecule has 0 unspecified atom stereocenters. The molecule has 0 amide bonds. The summed E-state index contributed by atoms with van der Waals surface area (Å²) in [5, 5.41) is 6.51. The van der Waals surface area contributed by atoms with Crippen LogP contribution in [0, 0.1) is 5.82 Å².